The molecule has 0 N–H and O–H groups in total. The van der Waals surface area contributed by atoms with Crippen molar-refractivity contribution in [2.24, 2.45) is 0 Å². The monoisotopic (exact) mass is 307 g/mol. The Balaban J connectivity index is 3.45. The van der Waals surface area contributed by atoms with Crippen LogP contribution in [-0.4, -0.2) is 12.6 Å². The average molecular weight is 307 g/mol. The lowest BCUT2D eigenvalue weighted by atomic mass is 9.95. The Morgan fingerprint density at radius 2 is 2.00 bits per heavy atom. The molecular weight excluding hydrogens is 297 g/mol. The molecule has 3 nitrogen and oxygen atoms in total. The number of esters is 1. The Morgan fingerprint density at radius 3 is 2.43 bits per heavy atom. The van der Waals surface area contributed by atoms with Crippen LogP contribution in [0.25, 0.3) is 0 Å². The van der Waals surface area contributed by atoms with Gasteiger partial charge in [-0.05, 0) is 24.6 Å². The van der Waals surface area contributed by atoms with E-state index in [1.807, 2.05) is 0 Å². The normalized spacial score (nSPS) is 11.3. The second-order valence-corrected chi connectivity index (χ2v) is 3.99. The van der Waals surface area contributed by atoms with Crippen molar-refractivity contribution < 1.29 is 31.5 Å². The maximum absolute atomic E-state index is 12.9. The summed E-state index contributed by atoms with van der Waals surface area (Å²) in [7, 11) is 0. The first-order valence-electron chi connectivity index (χ1n) is 5.78. The van der Waals surface area contributed by atoms with Gasteiger partial charge in [0.2, 0.25) is 0 Å². The zero-order valence-electron chi connectivity index (χ0n) is 10.8. The van der Waals surface area contributed by atoms with Gasteiger partial charge in [-0.25, -0.2) is 8.78 Å². The van der Waals surface area contributed by atoms with Crippen LogP contribution in [0.4, 0.5) is 22.0 Å². The molecule has 1 aromatic rings. The van der Waals surface area contributed by atoms with E-state index < -0.39 is 47.2 Å². The highest BCUT2D eigenvalue weighted by Crippen LogP contribution is 2.36. The first-order chi connectivity index (χ1) is 9.70. The number of alkyl halides is 5. The summed E-state index contributed by atoms with van der Waals surface area (Å²) in [5.41, 5.74) is -3.63. The minimum absolute atomic E-state index is 0.0445. The standard InChI is InChI=1S/C13H10F5NO2/c1-2-21-11(20)5-9-8(6-19)3-7(12(14)15)4-10(9)13(16,17)18/h3-4,12H,2,5H2,1H3. The van der Waals surface area contributed by atoms with Crippen LogP contribution in [0, 0.1) is 11.3 Å². The maximum atomic E-state index is 12.9. The molecule has 1 rings (SSSR count). The fourth-order valence-corrected chi connectivity index (χ4v) is 1.72. The molecule has 0 unspecified atom stereocenters. The van der Waals surface area contributed by atoms with Crippen LogP contribution >= 0.6 is 0 Å². The van der Waals surface area contributed by atoms with Gasteiger partial charge in [0, 0.05) is 5.56 Å². The van der Waals surface area contributed by atoms with Gasteiger partial charge in [0.15, 0.2) is 0 Å². The van der Waals surface area contributed by atoms with Crippen molar-refractivity contribution in [3.63, 3.8) is 0 Å². The molecule has 0 fully saturated rings. The van der Waals surface area contributed by atoms with Crippen molar-refractivity contribution in [3.8, 4) is 6.07 Å². The molecule has 0 bridgehead atoms. The summed E-state index contributed by atoms with van der Waals surface area (Å²) in [5, 5.41) is 8.84. The Hall–Kier alpha value is -2.17. The largest absolute Gasteiger partial charge is 0.466 e. The summed E-state index contributed by atoms with van der Waals surface area (Å²) in [6.07, 6.45) is -8.93. The van der Waals surface area contributed by atoms with E-state index in [9.17, 15) is 26.7 Å². The lowest BCUT2D eigenvalue weighted by Gasteiger charge is -2.15. The van der Waals surface area contributed by atoms with Gasteiger partial charge < -0.3 is 4.74 Å². The second-order valence-electron chi connectivity index (χ2n) is 3.99. The number of benzene rings is 1. The molecule has 0 spiro atoms. The lowest BCUT2D eigenvalue weighted by molar-refractivity contribution is -0.143. The summed E-state index contributed by atoms with van der Waals surface area (Å²) >= 11 is 0. The van der Waals surface area contributed by atoms with Gasteiger partial charge in [-0.2, -0.15) is 18.4 Å². The lowest BCUT2D eigenvalue weighted by Crippen LogP contribution is -2.16. The van der Waals surface area contributed by atoms with Crippen molar-refractivity contribution in [2.75, 3.05) is 6.61 Å². The predicted octanol–water partition coefficient (Wildman–Crippen LogP) is 3.62. The molecule has 0 amide bonds. The van der Waals surface area contributed by atoms with E-state index in [-0.39, 0.29) is 12.7 Å². The van der Waals surface area contributed by atoms with Crippen molar-refractivity contribution >= 4 is 5.97 Å². The molecule has 0 atom stereocenters. The maximum Gasteiger partial charge on any atom is 0.416 e. The summed E-state index contributed by atoms with van der Waals surface area (Å²) < 4.78 is 68.5. The van der Waals surface area contributed by atoms with Crippen LogP contribution in [0.2, 0.25) is 0 Å². The summed E-state index contributed by atoms with van der Waals surface area (Å²) in [5.74, 6) is -0.968. The van der Waals surface area contributed by atoms with Crippen molar-refractivity contribution in [1.82, 2.24) is 0 Å². The summed E-state index contributed by atoms with van der Waals surface area (Å²) in [6, 6.07) is 2.31. The highest BCUT2D eigenvalue weighted by atomic mass is 19.4. The third-order valence-electron chi connectivity index (χ3n) is 2.58. The molecule has 0 aliphatic heterocycles. The third kappa shape index (κ3) is 4.15. The molecule has 0 saturated heterocycles. The molecule has 114 valence electrons. The third-order valence-corrected chi connectivity index (χ3v) is 2.58. The number of rotatable bonds is 4. The van der Waals surface area contributed by atoms with E-state index in [1.54, 1.807) is 0 Å². The minimum atomic E-state index is -4.96. The Bertz CT molecular complexity index is 575. The zero-order valence-corrected chi connectivity index (χ0v) is 10.8. The number of carbonyl (C=O) groups excluding carboxylic acids is 1. The van der Waals surface area contributed by atoms with Crippen molar-refractivity contribution in [2.45, 2.75) is 25.9 Å². The Morgan fingerprint density at radius 1 is 1.38 bits per heavy atom. The SMILES string of the molecule is CCOC(=O)Cc1c(C#N)cc(C(F)F)cc1C(F)(F)F. The van der Waals surface area contributed by atoms with Crippen LogP contribution in [0.15, 0.2) is 12.1 Å². The predicted molar refractivity (Wildman–Crippen MR) is 61.5 cm³/mol. The van der Waals surface area contributed by atoms with Crippen LogP contribution in [0.5, 0.6) is 0 Å². The molecule has 0 aliphatic rings. The van der Waals surface area contributed by atoms with E-state index in [2.05, 4.69) is 4.74 Å². The average Bonchev–Trinajstić information content (AvgIpc) is 2.37. The molecule has 21 heavy (non-hydrogen) atoms. The van der Waals surface area contributed by atoms with Gasteiger partial charge in [0.25, 0.3) is 6.43 Å². The van der Waals surface area contributed by atoms with Gasteiger partial charge in [-0.3, -0.25) is 4.79 Å². The molecule has 0 aromatic heterocycles. The first kappa shape index (κ1) is 16.9. The zero-order chi connectivity index (χ0) is 16.2. The Kier molecular flexibility index (Phi) is 5.24. The fourth-order valence-electron chi connectivity index (χ4n) is 1.72. The van der Waals surface area contributed by atoms with E-state index in [0.717, 1.165) is 0 Å². The molecular formula is C13H10F5NO2. The number of hydrogen-bond donors (Lipinski definition) is 0. The minimum Gasteiger partial charge on any atom is -0.466 e. The Labute approximate surface area is 116 Å². The van der Waals surface area contributed by atoms with Gasteiger partial charge in [-0.1, -0.05) is 0 Å². The summed E-state index contributed by atoms with van der Waals surface area (Å²) in [4.78, 5) is 11.3. The number of hydrogen-bond acceptors (Lipinski definition) is 3. The van der Waals surface area contributed by atoms with E-state index in [4.69, 9.17) is 5.26 Å². The quantitative estimate of drug-likeness (QED) is 0.630. The van der Waals surface area contributed by atoms with Crippen LogP contribution in [-0.2, 0) is 22.1 Å². The number of carbonyl (C=O) groups is 1. The fraction of sp³-hybridized carbons (Fsp3) is 0.385. The molecule has 0 aliphatic carbocycles. The van der Waals surface area contributed by atoms with Crippen molar-refractivity contribution in [1.29, 1.82) is 5.26 Å². The molecule has 0 saturated carbocycles. The van der Waals surface area contributed by atoms with E-state index >= 15 is 0 Å². The highest BCUT2D eigenvalue weighted by molar-refractivity contribution is 5.74. The highest BCUT2D eigenvalue weighted by Gasteiger charge is 2.36. The van der Waals surface area contributed by atoms with Gasteiger partial charge in [0.1, 0.15) is 0 Å². The topological polar surface area (TPSA) is 50.1 Å². The summed E-state index contributed by atoms with van der Waals surface area (Å²) in [6.45, 7) is 1.42. The molecule has 0 radical (unpaired) electrons. The molecule has 0 heterocycles. The van der Waals surface area contributed by atoms with E-state index in [1.165, 1.54) is 13.0 Å². The number of nitrogens with zero attached hydrogens (tertiary/aromatic N) is 1. The van der Waals surface area contributed by atoms with Crippen LogP contribution in [0.1, 0.15) is 35.6 Å². The molecule has 1 aromatic carbocycles. The van der Waals surface area contributed by atoms with E-state index in [0.29, 0.717) is 6.07 Å². The number of halogens is 5. The van der Waals surface area contributed by atoms with Crippen LogP contribution in [0.3, 0.4) is 0 Å². The van der Waals surface area contributed by atoms with Gasteiger partial charge >= 0.3 is 12.1 Å². The molecule has 8 heteroatoms. The second kappa shape index (κ2) is 6.52. The smallest absolute Gasteiger partial charge is 0.416 e. The van der Waals surface area contributed by atoms with Gasteiger partial charge in [-0.15, -0.1) is 0 Å². The van der Waals surface area contributed by atoms with Crippen molar-refractivity contribution in [3.05, 3.63) is 34.4 Å². The number of ether oxygens (including phenoxy) is 1. The van der Waals surface area contributed by atoms with Crippen LogP contribution < -0.4 is 0 Å². The number of nitriles is 1. The van der Waals surface area contributed by atoms with Gasteiger partial charge in [0.05, 0.1) is 30.2 Å². The first-order valence-corrected chi connectivity index (χ1v) is 5.78.